The molecule has 0 radical (unpaired) electrons. The molecule has 0 bridgehead atoms. The monoisotopic (exact) mass is 351 g/mol. The molecule has 21 heavy (non-hydrogen) atoms. The van der Waals surface area contributed by atoms with Gasteiger partial charge in [-0.3, -0.25) is 4.79 Å². The van der Waals surface area contributed by atoms with Crippen LogP contribution in [0.25, 0.3) is 0 Å². The Kier molecular flexibility index (Phi) is 5.16. The van der Waals surface area contributed by atoms with E-state index in [4.69, 9.17) is 9.15 Å². The summed E-state index contributed by atoms with van der Waals surface area (Å²) >= 11 is 3.43. The number of nitrogens with zero attached hydrogens (tertiary/aromatic N) is 1. The van der Waals surface area contributed by atoms with Crippen molar-refractivity contribution in [2.75, 3.05) is 13.7 Å². The van der Waals surface area contributed by atoms with Crippen LogP contribution in [0.15, 0.2) is 51.6 Å². The van der Waals surface area contributed by atoms with Crippen molar-refractivity contribution >= 4 is 27.8 Å². The summed E-state index contributed by atoms with van der Waals surface area (Å²) in [6.45, 7) is 0.110. The SMILES string of the molecule is CN(Cc1ccccc1Br)C(=O)COC(=O)c1ccco1. The number of esters is 1. The first-order valence-electron chi connectivity index (χ1n) is 6.26. The number of benzene rings is 1. The van der Waals surface area contributed by atoms with Crippen molar-refractivity contribution in [2.45, 2.75) is 6.54 Å². The highest BCUT2D eigenvalue weighted by Crippen LogP contribution is 2.17. The van der Waals surface area contributed by atoms with Crippen LogP contribution >= 0.6 is 15.9 Å². The summed E-state index contributed by atoms with van der Waals surface area (Å²) in [5, 5.41) is 0. The zero-order valence-electron chi connectivity index (χ0n) is 11.4. The third-order valence-corrected chi connectivity index (χ3v) is 3.61. The molecule has 5 nitrogen and oxygen atoms in total. The Hall–Kier alpha value is -2.08. The highest BCUT2D eigenvalue weighted by molar-refractivity contribution is 9.10. The molecule has 6 heteroatoms. The van der Waals surface area contributed by atoms with Gasteiger partial charge in [0.15, 0.2) is 6.61 Å². The number of furan rings is 1. The first-order valence-corrected chi connectivity index (χ1v) is 7.05. The van der Waals surface area contributed by atoms with Gasteiger partial charge >= 0.3 is 5.97 Å². The van der Waals surface area contributed by atoms with Crippen LogP contribution in [0.3, 0.4) is 0 Å². The lowest BCUT2D eigenvalue weighted by Crippen LogP contribution is -2.30. The summed E-state index contributed by atoms with van der Waals surface area (Å²) in [5.74, 6) is -0.857. The summed E-state index contributed by atoms with van der Waals surface area (Å²) in [6, 6.07) is 10.7. The molecule has 1 aromatic heterocycles. The molecule has 1 aromatic carbocycles. The van der Waals surface area contributed by atoms with Crippen LogP contribution in [-0.4, -0.2) is 30.4 Å². The van der Waals surface area contributed by atoms with Crippen molar-refractivity contribution in [3.8, 4) is 0 Å². The minimum absolute atomic E-state index is 0.0799. The van der Waals surface area contributed by atoms with E-state index in [0.717, 1.165) is 10.0 Å². The second kappa shape index (κ2) is 7.08. The standard InChI is InChI=1S/C15H14BrNO4/c1-17(9-11-5-2-3-6-12(11)16)14(18)10-21-15(19)13-7-4-8-20-13/h2-8H,9-10H2,1H3. The van der Waals surface area contributed by atoms with E-state index >= 15 is 0 Å². The Morgan fingerprint density at radius 3 is 2.67 bits per heavy atom. The van der Waals surface area contributed by atoms with Gasteiger partial charge in [0.25, 0.3) is 5.91 Å². The number of amides is 1. The van der Waals surface area contributed by atoms with E-state index in [9.17, 15) is 9.59 Å². The Bertz CT molecular complexity index is 624. The lowest BCUT2D eigenvalue weighted by Gasteiger charge is -2.17. The maximum Gasteiger partial charge on any atom is 0.374 e. The molecule has 2 rings (SSSR count). The summed E-state index contributed by atoms with van der Waals surface area (Å²) in [6.07, 6.45) is 1.37. The average molecular weight is 352 g/mol. The zero-order chi connectivity index (χ0) is 15.2. The number of rotatable bonds is 5. The van der Waals surface area contributed by atoms with Gasteiger partial charge in [-0.25, -0.2) is 4.79 Å². The molecule has 0 saturated heterocycles. The van der Waals surface area contributed by atoms with Crippen LogP contribution in [0, 0.1) is 0 Å². The van der Waals surface area contributed by atoms with Gasteiger partial charge in [0.2, 0.25) is 5.76 Å². The van der Waals surface area contributed by atoms with Gasteiger partial charge in [-0.1, -0.05) is 34.1 Å². The van der Waals surface area contributed by atoms with Gasteiger partial charge in [-0.05, 0) is 23.8 Å². The third-order valence-electron chi connectivity index (χ3n) is 2.84. The highest BCUT2D eigenvalue weighted by Gasteiger charge is 2.15. The molecule has 0 aliphatic carbocycles. The molecule has 110 valence electrons. The maximum absolute atomic E-state index is 11.9. The van der Waals surface area contributed by atoms with Gasteiger partial charge < -0.3 is 14.1 Å². The molecule has 0 N–H and O–H groups in total. The maximum atomic E-state index is 11.9. The van der Waals surface area contributed by atoms with Crippen molar-refractivity contribution in [2.24, 2.45) is 0 Å². The van der Waals surface area contributed by atoms with Crippen LogP contribution in [-0.2, 0) is 16.1 Å². The van der Waals surface area contributed by atoms with Gasteiger partial charge in [0, 0.05) is 18.1 Å². The van der Waals surface area contributed by atoms with E-state index in [2.05, 4.69) is 15.9 Å². The summed E-state index contributed by atoms with van der Waals surface area (Å²) in [5.41, 5.74) is 0.978. The number of ether oxygens (including phenoxy) is 1. The van der Waals surface area contributed by atoms with E-state index in [1.807, 2.05) is 24.3 Å². The fourth-order valence-corrected chi connectivity index (χ4v) is 2.08. The quantitative estimate of drug-likeness (QED) is 0.777. The fourth-order valence-electron chi connectivity index (χ4n) is 1.67. The molecule has 1 amide bonds. The molecule has 0 spiro atoms. The van der Waals surface area contributed by atoms with Crippen molar-refractivity contribution < 1.29 is 18.7 Å². The van der Waals surface area contributed by atoms with Crippen LogP contribution < -0.4 is 0 Å². The van der Waals surface area contributed by atoms with Gasteiger partial charge in [-0.15, -0.1) is 0 Å². The molecule has 0 aliphatic rings. The van der Waals surface area contributed by atoms with Crippen LogP contribution in [0.4, 0.5) is 0 Å². The summed E-state index contributed by atoms with van der Waals surface area (Å²) in [7, 11) is 1.66. The Morgan fingerprint density at radius 1 is 1.24 bits per heavy atom. The van der Waals surface area contributed by atoms with Crippen LogP contribution in [0.1, 0.15) is 16.1 Å². The van der Waals surface area contributed by atoms with Gasteiger partial charge in [0.1, 0.15) is 0 Å². The Labute approximate surface area is 130 Å². The molecule has 0 unspecified atom stereocenters. The normalized spacial score (nSPS) is 10.2. The molecule has 1 heterocycles. The van der Waals surface area contributed by atoms with Crippen molar-refractivity contribution in [1.29, 1.82) is 0 Å². The summed E-state index contributed by atoms with van der Waals surface area (Å²) < 4.78 is 10.7. The Morgan fingerprint density at radius 2 is 2.00 bits per heavy atom. The van der Waals surface area contributed by atoms with E-state index in [-0.39, 0.29) is 18.3 Å². The minimum atomic E-state index is -0.650. The fraction of sp³-hybridized carbons (Fsp3) is 0.200. The first kappa shape index (κ1) is 15.3. The molecular weight excluding hydrogens is 338 g/mol. The molecule has 0 saturated carbocycles. The van der Waals surface area contributed by atoms with E-state index in [1.165, 1.54) is 17.2 Å². The van der Waals surface area contributed by atoms with Crippen LogP contribution in [0.5, 0.6) is 0 Å². The Balaban J connectivity index is 1.86. The number of carbonyl (C=O) groups is 2. The topological polar surface area (TPSA) is 59.8 Å². The number of hydrogen-bond acceptors (Lipinski definition) is 4. The van der Waals surface area contributed by atoms with Crippen molar-refractivity contribution in [3.05, 3.63) is 58.5 Å². The van der Waals surface area contributed by atoms with Gasteiger partial charge in [0.05, 0.1) is 6.26 Å². The third kappa shape index (κ3) is 4.19. The van der Waals surface area contributed by atoms with E-state index < -0.39 is 5.97 Å². The smallest absolute Gasteiger partial charge is 0.374 e. The van der Waals surface area contributed by atoms with Crippen molar-refractivity contribution in [3.63, 3.8) is 0 Å². The lowest BCUT2D eigenvalue weighted by atomic mass is 10.2. The second-order valence-electron chi connectivity index (χ2n) is 4.39. The predicted octanol–water partition coefficient (Wildman–Crippen LogP) is 2.86. The largest absolute Gasteiger partial charge is 0.457 e. The molecule has 0 atom stereocenters. The molecule has 2 aromatic rings. The first-order chi connectivity index (χ1) is 10.1. The number of likely N-dealkylation sites (N-methyl/N-ethyl adjacent to an activating group) is 1. The van der Waals surface area contributed by atoms with E-state index in [0.29, 0.717) is 6.54 Å². The van der Waals surface area contributed by atoms with E-state index in [1.54, 1.807) is 13.1 Å². The number of halogens is 1. The molecular formula is C15H14BrNO4. The minimum Gasteiger partial charge on any atom is -0.457 e. The molecule has 0 aliphatic heterocycles. The summed E-state index contributed by atoms with van der Waals surface area (Å²) in [4.78, 5) is 25.0. The second-order valence-corrected chi connectivity index (χ2v) is 5.25. The average Bonchev–Trinajstić information content (AvgIpc) is 3.01. The lowest BCUT2D eigenvalue weighted by molar-refractivity contribution is -0.133. The number of hydrogen-bond donors (Lipinski definition) is 0. The number of carbonyl (C=O) groups excluding carboxylic acids is 2. The van der Waals surface area contributed by atoms with Crippen molar-refractivity contribution in [1.82, 2.24) is 4.90 Å². The zero-order valence-corrected chi connectivity index (χ0v) is 13.0. The van der Waals surface area contributed by atoms with Crippen LogP contribution in [0.2, 0.25) is 0 Å². The highest BCUT2D eigenvalue weighted by atomic mass is 79.9. The predicted molar refractivity (Wildman–Crippen MR) is 79.6 cm³/mol. The molecule has 0 fully saturated rings. The van der Waals surface area contributed by atoms with Gasteiger partial charge in [-0.2, -0.15) is 0 Å².